The van der Waals surface area contributed by atoms with Crippen molar-refractivity contribution in [2.24, 2.45) is 5.73 Å². The molecule has 15 heavy (non-hydrogen) atoms. The molecule has 4 N–H and O–H groups in total. The van der Waals surface area contributed by atoms with E-state index in [0.717, 1.165) is 22.9 Å². The molecule has 0 aliphatic carbocycles. The fourth-order valence-electron chi connectivity index (χ4n) is 1.75. The molecule has 0 bridgehead atoms. The number of benzene rings is 1. The van der Waals surface area contributed by atoms with Gasteiger partial charge in [0.15, 0.2) is 0 Å². The van der Waals surface area contributed by atoms with Crippen LogP contribution in [-0.2, 0) is 6.42 Å². The maximum atomic E-state index is 9.51. The van der Waals surface area contributed by atoms with Crippen molar-refractivity contribution < 1.29 is 5.11 Å². The molecule has 3 nitrogen and oxygen atoms in total. The van der Waals surface area contributed by atoms with E-state index in [1.807, 2.05) is 6.20 Å². The molecule has 0 unspecified atom stereocenters. The van der Waals surface area contributed by atoms with Crippen molar-refractivity contribution in [1.29, 1.82) is 0 Å². The fourth-order valence-corrected chi connectivity index (χ4v) is 1.75. The number of aromatic nitrogens is 1. The lowest BCUT2D eigenvalue weighted by molar-refractivity contribution is 0.476. The highest BCUT2D eigenvalue weighted by Crippen LogP contribution is 2.26. The van der Waals surface area contributed by atoms with Crippen LogP contribution >= 0.6 is 0 Å². The minimum absolute atomic E-state index is 0.188. The van der Waals surface area contributed by atoms with E-state index in [-0.39, 0.29) is 5.75 Å². The Bertz CT molecular complexity index is 534. The van der Waals surface area contributed by atoms with Gasteiger partial charge in [0.25, 0.3) is 0 Å². The van der Waals surface area contributed by atoms with Gasteiger partial charge in [-0.2, -0.15) is 0 Å². The fraction of sp³-hybridized carbons (Fsp3) is 0.167. The molecule has 0 fully saturated rings. The van der Waals surface area contributed by atoms with Crippen LogP contribution in [0.5, 0.6) is 5.75 Å². The number of aromatic hydroxyl groups is 1. The summed E-state index contributed by atoms with van der Waals surface area (Å²) in [6, 6.07) is 3.28. The Morgan fingerprint density at radius 1 is 1.47 bits per heavy atom. The largest absolute Gasteiger partial charge is 0.508 e. The summed E-state index contributed by atoms with van der Waals surface area (Å²) >= 11 is 0. The van der Waals surface area contributed by atoms with Crippen molar-refractivity contribution in [3.05, 3.63) is 29.5 Å². The van der Waals surface area contributed by atoms with Gasteiger partial charge in [-0.15, -0.1) is 6.42 Å². The van der Waals surface area contributed by atoms with Gasteiger partial charge in [0.05, 0.1) is 11.1 Å². The summed E-state index contributed by atoms with van der Waals surface area (Å²) in [5.74, 6) is 2.73. The van der Waals surface area contributed by atoms with E-state index in [1.165, 1.54) is 0 Å². The van der Waals surface area contributed by atoms with Gasteiger partial charge in [0.2, 0.25) is 0 Å². The standard InChI is InChI=1S/C12H12N2O/c1-2-8-5-10(15)6-11-9(3-4-13)7-14-12(8)11/h1,5-7,14-15H,3-4,13H2. The quantitative estimate of drug-likeness (QED) is 0.641. The zero-order chi connectivity index (χ0) is 10.8. The maximum absolute atomic E-state index is 9.51. The van der Waals surface area contributed by atoms with E-state index in [1.54, 1.807) is 12.1 Å². The summed E-state index contributed by atoms with van der Waals surface area (Å²) in [6.45, 7) is 0.577. The minimum Gasteiger partial charge on any atom is -0.508 e. The molecular weight excluding hydrogens is 188 g/mol. The van der Waals surface area contributed by atoms with Gasteiger partial charge in [-0.1, -0.05) is 5.92 Å². The number of nitrogens with two attached hydrogens (primary N) is 1. The molecule has 0 saturated heterocycles. The summed E-state index contributed by atoms with van der Waals surface area (Å²) in [6.07, 6.45) is 8.02. The molecule has 76 valence electrons. The van der Waals surface area contributed by atoms with Crippen LogP contribution in [-0.4, -0.2) is 16.6 Å². The first-order valence-corrected chi connectivity index (χ1v) is 4.76. The van der Waals surface area contributed by atoms with Crippen molar-refractivity contribution >= 4 is 10.9 Å². The molecular formula is C12H12N2O. The number of aromatic amines is 1. The molecule has 1 aromatic heterocycles. The van der Waals surface area contributed by atoms with Gasteiger partial charge in [-0.05, 0) is 30.7 Å². The molecule has 1 aromatic carbocycles. The van der Waals surface area contributed by atoms with Gasteiger partial charge >= 0.3 is 0 Å². The predicted octanol–water partition coefficient (Wildman–Crippen LogP) is 1.36. The third kappa shape index (κ3) is 1.56. The minimum atomic E-state index is 0.188. The molecule has 0 radical (unpaired) electrons. The second kappa shape index (κ2) is 3.68. The van der Waals surface area contributed by atoms with Crippen LogP contribution in [0.1, 0.15) is 11.1 Å². The summed E-state index contributed by atoms with van der Waals surface area (Å²) in [5.41, 5.74) is 8.15. The molecule has 0 saturated carbocycles. The number of H-pyrrole nitrogens is 1. The normalized spacial score (nSPS) is 10.4. The van der Waals surface area contributed by atoms with E-state index in [2.05, 4.69) is 10.9 Å². The zero-order valence-electron chi connectivity index (χ0n) is 8.25. The average molecular weight is 200 g/mol. The summed E-state index contributed by atoms with van der Waals surface area (Å²) in [4.78, 5) is 3.11. The Hall–Kier alpha value is -1.92. The van der Waals surface area contributed by atoms with Crippen LogP contribution < -0.4 is 5.73 Å². The van der Waals surface area contributed by atoms with E-state index in [9.17, 15) is 5.11 Å². The van der Waals surface area contributed by atoms with Crippen LogP contribution in [0.15, 0.2) is 18.3 Å². The zero-order valence-corrected chi connectivity index (χ0v) is 8.25. The summed E-state index contributed by atoms with van der Waals surface area (Å²) in [5, 5.41) is 10.5. The van der Waals surface area contributed by atoms with Crippen molar-refractivity contribution in [3.63, 3.8) is 0 Å². The van der Waals surface area contributed by atoms with Gasteiger partial charge < -0.3 is 15.8 Å². The summed E-state index contributed by atoms with van der Waals surface area (Å²) in [7, 11) is 0. The van der Waals surface area contributed by atoms with E-state index in [0.29, 0.717) is 12.1 Å². The first-order chi connectivity index (χ1) is 7.26. The number of nitrogens with one attached hydrogen (secondary N) is 1. The number of phenolic OH excluding ortho intramolecular Hbond substituents is 1. The smallest absolute Gasteiger partial charge is 0.117 e. The van der Waals surface area contributed by atoms with Crippen LogP contribution in [0, 0.1) is 12.3 Å². The Morgan fingerprint density at radius 2 is 2.27 bits per heavy atom. The Kier molecular flexibility index (Phi) is 2.36. The van der Waals surface area contributed by atoms with E-state index >= 15 is 0 Å². The second-order valence-corrected chi connectivity index (χ2v) is 3.41. The van der Waals surface area contributed by atoms with Crippen molar-refractivity contribution in [3.8, 4) is 18.1 Å². The molecule has 0 aliphatic heterocycles. The number of hydrogen-bond donors (Lipinski definition) is 3. The molecule has 0 amide bonds. The topological polar surface area (TPSA) is 62.0 Å². The van der Waals surface area contributed by atoms with E-state index < -0.39 is 0 Å². The SMILES string of the molecule is C#Cc1cc(O)cc2c(CCN)c[nH]c12. The highest BCUT2D eigenvalue weighted by molar-refractivity contribution is 5.89. The monoisotopic (exact) mass is 200 g/mol. The van der Waals surface area contributed by atoms with Crippen LogP contribution in [0.25, 0.3) is 10.9 Å². The van der Waals surface area contributed by atoms with Gasteiger partial charge in [-0.3, -0.25) is 0 Å². The number of hydrogen-bond acceptors (Lipinski definition) is 2. The number of phenols is 1. The third-order valence-electron chi connectivity index (χ3n) is 2.43. The lowest BCUT2D eigenvalue weighted by Gasteiger charge is -1.99. The third-order valence-corrected chi connectivity index (χ3v) is 2.43. The van der Waals surface area contributed by atoms with Crippen LogP contribution in [0.2, 0.25) is 0 Å². The molecule has 0 spiro atoms. The van der Waals surface area contributed by atoms with Gasteiger partial charge in [0, 0.05) is 11.6 Å². The summed E-state index contributed by atoms with van der Waals surface area (Å²) < 4.78 is 0. The van der Waals surface area contributed by atoms with Crippen LogP contribution in [0.4, 0.5) is 0 Å². The average Bonchev–Trinajstić information content (AvgIpc) is 2.61. The first-order valence-electron chi connectivity index (χ1n) is 4.76. The molecule has 3 heteroatoms. The predicted molar refractivity (Wildman–Crippen MR) is 60.7 cm³/mol. The lowest BCUT2D eigenvalue weighted by atomic mass is 10.1. The number of rotatable bonds is 2. The molecule has 0 atom stereocenters. The van der Waals surface area contributed by atoms with Crippen LogP contribution in [0.3, 0.4) is 0 Å². The first kappa shape index (κ1) is 9.63. The molecule has 2 aromatic rings. The van der Waals surface area contributed by atoms with Gasteiger partial charge in [-0.25, -0.2) is 0 Å². The van der Waals surface area contributed by atoms with Crippen molar-refractivity contribution in [2.45, 2.75) is 6.42 Å². The second-order valence-electron chi connectivity index (χ2n) is 3.41. The number of terminal acetylenes is 1. The maximum Gasteiger partial charge on any atom is 0.117 e. The molecule has 2 rings (SSSR count). The van der Waals surface area contributed by atoms with E-state index in [4.69, 9.17) is 12.2 Å². The Balaban J connectivity index is 2.71. The highest BCUT2D eigenvalue weighted by Gasteiger charge is 2.07. The highest BCUT2D eigenvalue weighted by atomic mass is 16.3. The van der Waals surface area contributed by atoms with Crippen molar-refractivity contribution in [1.82, 2.24) is 4.98 Å². The molecule has 1 heterocycles. The Morgan fingerprint density at radius 3 is 2.93 bits per heavy atom. The van der Waals surface area contributed by atoms with Crippen molar-refractivity contribution in [2.75, 3.05) is 6.54 Å². The van der Waals surface area contributed by atoms with Gasteiger partial charge in [0.1, 0.15) is 5.75 Å². The molecule has 0 aliphatic rings. The number of fused-ring (bicyclic) bond motifs is 1. The Labute approximate surface area is 87.9 Å². The lowest BCUT2D eigenvalue weighted by Crippen LogP contribution is -2.01.